The SMILES string of the molecule is CCOc1ccc2nc(NC(=O)c3cccc(C)c3[N+](=O)[O-])sc2c1. The lowest BCUT2D eigenvalue weighted by Gasteiger charge is -2.04. The monoisotopic (exact) mass is 357 g/mol. The Morgan fingerprint density at radius 1 is 1.36 bits per heavy atom. The summed E-state index contributed by atoms with van der Waals surface area (Å²) in [6.07, 6.45) is 0. The van der Waals surface area contributed by atoms with Crippen molar-refractivity contribution in [1.29, 1.82) is 0 Å². The molecule has 7 nitrogen and oxygen atoms in total. The van der Waals surface area contributed by atoms with E-state index < -0.39 is 10.8 Å². The van der Waals surface area contributed by atoms with Crippen LogP contribution in [0.2, 0.25) is 0 Å². The maximum atomic E-state index is 12.5. The van der Waals surface area contributed by atoms with Crippen molar-refractivity contribution in [3.63, 3.8) is 0 Å². The number of nitro benzene ring substituents is 1. The molecule has 3 aromatic rings. The van der Waals surface area contributed by atoms with E-state index in [0.29, 0.717) is 17.3 Å². The van der Waals surface area contributed by atoms with Gasteiger partial charge in [0, 0.05) is 5.56 Å². The zero-order valence-electron chi connectivity index (χ0n) is 13.6. The van der Waals surface area contributed by atoms with Gasteiger partial charge in [0.25, 0.3) is 11.6 Å². The Kier molecular flexibility index (Phi) is 4.62. The molecular weight excluding hydrogens is 342 g/mol. The molecule has 8 heteroatoms. The molecule has 0 aliphatic rings. The van der Waals surface area contributed by atoms with Gasteiger partial charge in [0.05, 0.1) is 21.7 Å². The van der Waals surface area contributed by atoms with E-state index >= 15 is 0 Å². The highest BCUT2D eigenvalue weighted by molar-refractivity contribution is 7.22. The van der Waals surface area contributed by atoms with Gasteiger partial charge in [-0.15, -0.1) is 0 Å². The van der Waals surface area contributed by atoms with Gasteiger partial charge in [-0.25, -0.2) is 4.98 Å². The quantitative estimate of drug-likeness (QED) is 0.546. The molecular formula is C17H15N3O4S. The Morgan fingerprint density at radius 2 is 2.16 bits per heavy atom. The van der Waals surface area contributed by atoms with Crippen LogP contribution < -0.4 is 10.1 Å². The first kappa shape index (κ1) is 16.8. The molecule has 2 aromatic carbocycles. The average Bonchev–Trinajstić information content (AvgIpc) is 2.96. The van der Waals surface area contributed by atoms with Crippen LogP contribution in [0.5, 0.6) is 5.75 Å². The van der Waals surface area contributed by atoms with Crippen molar-refractivity contribution in [1.82, 2.24) is 4.98 Å². The second kappa shape index (κ2) is 6.86. The van der Waals surface area contributed by atoms with Crippen molar-refractivity contribution in [2.45, 2.75) is 13.8 Å². The molecule has 0 aliphatic carbocycles. The number of rotatable bonds is 5. The van der Waals surface area contributed by atoms with Gasteiger partial charge < -0.3 is 4.74 Å². The first-order valence-electron chi connectivity index (χ1n) is 7.58. The Labute approximate surface area is 147 Å². The lowest BCUT2D eigenvalue weighted by atomic mass is 10.1. The number of nitro groups is 1. The molecule has 1 amide bonds. The summed E-state index contributed by atoms with van der Waals surface area (Å²) < 4.78 is 6.31. The highest BCUT2D eigenvalue weighted by atomic mass is 32.1. The second-order valence-electron chi connectivity index (χ2n) is 5.26. The van der Waals surface area contributed by atoms with Gasteiger partial charge in [0.1, 0.15) is 11.3 Å². The van der Waals surface area contributed by atoms with Crippen LogP contribution in [0.25, 0.3) is 10.2 Å². The van der Waals surface area contributed by atoms with E-state index in [1.165, 1.54) is 17.4 Å². The molecule has 0 saturated heterocycles. The van der Waals surface area contributed by atoms with Crippen LogP contribution in [0.3, 0.4) is 0 Å². The predicted molar refractivity (Wildman–Crippen MR) is 96.6 cm³/mol. The number of carbonyl (C=O) groups is 1. The predicted octanol–water partition coefficient (Wildman–Crippen LogP) is 4.16. The number of hydrogen-bond donors (Lipinski definition) is 1. The summed E-state index contributed by atoms with van der Waals surface area (Å²) in [4.78, 5) is 27.5. The van der Waals surface area contributed by atoms with Crippen molar-refractivity contribution in [3.8, 4) is 5.75 Å². The normalized spacial score (nSPS) is 10.6. The van der Waals surface area contributed by atoms with E-state index in [2.05, 4.69) is 10.3 Å². The van der Waals surface area contributed by atoms with Crippen LogP contribution >= 0.6 is 11.3 Å². The lowest BCUT2D eigenvalue weighted by Crippen LogP contribution is -2.14. The van der Waals surface area contributed by atoms with Crippen molar-refractivity contribution in [2.24, 2.45) is 0 Å². The smallest absolute Gasteiger partial charge is 0.285 e. The van der Waals surface area contributed by atoms with Gasteiger partial charge >= 0.3 is 0 Å². The van der Waals surface area contributed by atoms with Gasteiger partial charge in [0.15, 0.2) is 5.13 Å². The molecule has 0 atom stereocenters. The zero-order valence-corrected chi connectivity index (χ0v) is 14.4. The highest BCUT2D eigenvalue weighted by Gasteiger charge is 2.23. The topological polar surface area (TPSA) is 94.4 Å². The molecule has 1 aromatic heterocycles. The fourth-order valence-corrected chi connectivity index (χ4v) is 3.35. The summed E-state index contributed by atoms with van der Waals surface area (Å²) in [6, 6.07) is 10.1. The number of aryl methyl sites for hydroxylation is 1. The molecule has 0 aliphatic heterocycles. The van der Waals surface area contributed by atoms with Crippen LogP contribution in [0, 0.1) is 17.0 Å². The fourth-order valence-electron chi connectivity index (χ4n) is 2.46. The number of amides is 1. The summed E-state index contributed by atoms with van der Waals surface area (Å²) in [5.41, 5.74) is 0.977. The number of thiazole rings is 1. The molecule has 0 bridgehead atoms. The average molecular weight is 357 g/mol. The van der Waals surface area contributed by atoms with E-state index in [0.717, 1.165) is 16.0 Å². The number of benzene rings is 2. The molecule has 1 N–H and O–H groups in total. The van der Waals surface area contributed by atoms with Crippen LogP contribution in [0.15, 0.2) is 36.4 Å². The van der Waals surface area contributed by atoms with Crippen molar-refractivity contribution in [2.75, 3.05) is 11.9 Å². The first-order valence-corrected chi connectivity index (χ1v) is 8.40. The third-order valence-electron chi connectivity index (χ3n) is 3.56. The summed E-state index contributed by atoms with van der Waals surface area (Å²) in [7, 11) is 0. The Hall–Kier alpha value is -3.00. The maximum Gasteiger partial charge on any atom is 0.285 e. The van der Waals surface area contributed by atoms with Crippen LogP contribution in [0.4, 0.5) is 10.8 Å². The molecule has 0 fully saturated rings. The fraction of sp³-hybridized carbons (Fsp3) is 0.176. The van der Waals surface area contributed by atoms with Crippen molar-refractivity contribution in [3.05, 3.63) is 57.6 Å². The Morgan fingerprint density at radius 3 is 2.88 bits per heavy atom. The van der Waals surface area contributed by atoms with Crippen molar-refractivity contribution >= 4 is 38.3 Å². The number of nitrogens with one attached hydrogen (secondary N) is 1. The molecule has 128 valence electrons. The number of ether oxygens (including phenoxy) is 1. The molecule has 1 heterocycles. The molecule has 0 saturated carbocycles. The van der Waals surface area contributed by atoms with E-state index in [9.17, 15) is 14.9 Å². The Bertz CT molecular complexity index is 968. The number of carbonyl (C=O) groups excluding carboxylic acids is 1. The molecule has 0 unspecified atom stereocenters. The lowest BCUT2D eigenvalue weighted by molar-refractivity contribution is -0.385. The van der Waals surface area contributed by atoms with Gasteiger partial charge in [-0.3, -0.25) is 20.2 Å². The van der Waals surface area contributed by atoms with Crippen molar-refractivity contribution < 1.29 is 14.5 Å². The highest BCUT2D eigenvalue weighted by Crippen LogP contribution is 2.30. The standard InChI is InChI=1S/C17H15N3O4S/c1-3-24-11-7-8-13-14(9-11)25-17(18-13)19-16(21)12-6-4-5-10(2)15(12)20(22)23/h4-9H,3H2,1-2H3,(H,18,19,21). The van der Waals surface area contributed by atoms with Crippen LogP contribution in [0.1, 0.15) is 22.8 Å². The van der Waals surface area contributed by atoms with Gasteiger partial charge in [0.2, 0.25) is 0 Å². The number of fused-ring (bicyclic) bond motifs is 1. The summed E-state index contributed by atoms with van der Waals surface area (Å²) >= 11 is 1.29. The molecule has 25 heavy (non-hydrogen) atoms. The second-order valence-corrected chi connectivity index (χ2v) is 6.29. The number of aromatic nitrogens is 1. The molecule has 0 radical (unpaired) electrons. The maximum absolute atomic E-state index is 12.5. The first-order chi connectivity index (χ1) is 12.0. The van der Waals surface area contributed by atoms with Gasteiger partial charge in [-0.2, -0.15) is 0 Å². The van der Waals surface area contributed by atoms with Crippen LogP contribution in [-0.4, -0.2) is 22.4 Å². The zero-order chi connectivity index (χ0) is 18.0. The summed E-state index contributed by atoms with van der Waals surface area (Å²) in [5.74, 6) is 0.172. The van der Waals surface area contributed by atoms with E-state index in [-0.39, 0.29) is 11.3 Å². The third-order valence-corrected chi connectivity index (χ3v) is 4.49. The minimum atomic E-state index is -0.556. The Balaban J connectivity index is 1.90. The van der Waals surface area contributed by atoms with E-state index in [4.69, 9.17) is 4.74 Å². The minimum absolute atomic E-state index is 0.0132. The number of anilines is 1. The van der Waals surface area contributed by atoms with Gasteiger partial charge in [-0.1, -0.05) is 23.5 Å². The van der Waals surface area contributed by atoms with Crippen LogP contribution in [-0.2, 0) is 0 Å². The number of para-hydroxylation sites is 1. The number of nitrogens with zero attached hydrogens (tertiary/aromatic N) is 2. The van der Waals surface area contributed by atoms with E-state index in [1.54, 1.807) is 19.1 Å². The largest absolute Gasteiger partial charge is 0.494 e. The molecule has 0 spiro atoms. The van der Waals surface area contributed by atoms with Gasteiger partial charge in [-0.05, 0) is 38.1 Å². The number of hydrogen-bond acceptors (Lipinski definition) is 6. The summed E-state index contributed by atoms with van der Waals surface area (Å²) in [5, 5.41) is 14.3. The molecule has 3 rings (SSSR count). The van der Waals surface area contributed by atoms with E-state index in [1.807, 2.05) is 25.1 Å². The third kappa shape index (κ3) is 3.43. The minimum Gasteiger partial charge on any atom is -0.494 e. The summed E-state index contributed by atoms with van der Waals surface area (Å²) in [6.45, 7) is 4.06.